The third kappa shape index (κ3) is 6.62. The average molecular weight is 173 g/mol. The van der Waals surface area contributed by atoms with Crippen molar-refractivity contribution in [3.8, 4) is 0 Å². The van der Waals surface area contributed by atoms with E-state index in [1.165, 1.54) is 12.8 Å². The molecule has 0 heterocycles. The first-order valence-electron chi connectivity index (χ1n) is 4.93. The SMILES string of the molecule is CC(C)CC[C@@H](C)N[C@@H](C)CO. The zero-order chi connectivity index (χ0) is 9.56. The molecule has 74 valence electrons. The van der Waals surface area contributed by atoms with Gasteiger partial charge >= 0.3 is 0 Å². The lowest BCUT2D eigenvalue weighted by Gasteiger charge is -2.18. The molecular formula is C10H23NO. The Hall–Kier alpha value is -0.0800. The van der Waals surface area contributed by atoms with Crippen molar-refractivity contribution in [1.82, 2.24) is 5.32 Å². The molecule has 2 heteroatoms. The molecule has 0 aliphatic carbocycles. The van der Waals surface area contributed by atoms with Crippen LogP contribution in [0.2, 0.25) is 0 Å². The first-order chi connectivity index (χ1) is 5.56. The van der Waals surface area contributed by atoms with Gasteiger partial charge in [-0.15, -0.1) is 0 Å². The molecule has 0 rings (SSSR count). The summed E-state index contributed by atoms with van der Waals surface area (Å²) in [6.45, 7) is 8.89. The number of nitrogens with one attached hydrogen (secondary N) is 1. The van der Waals surface area contributed by atoms with E-state index < -0.39 is 0 Å². The monoisotopic (exact) mass is 173 g/mol. The number of hydrogen-bond acceptors (Lipinski definition) is 2. The fourth-order valence-corrected chi connectivity index (χ4v) is 1.21. The van der Waals surface area contributed by atoms with Crippen LogP contribution in [-0.4, -0.2) is 23.8 Å². The summed E-state index contributed by atoms with van der Waals surface area (Å²) in [5.74, 6) is 0.777. The van der Waals surface area contributed by atoms with Gasteiger partial charge in [-0.1, -0.05) is 13.8 Å². The van der Waals surface area contributed by atoms with Crippen LogP contribution in [0.15, 0.2) is 0 Å². The van der Waals surface area contributed by atoms with Crippen LogP contribution >= 0.6 is 0 Å². The van der Waals surface area contributed by atoms with Crippen molar-refractivity contribution in [1.29, 1.82) is 0 Å². The molecule has 0 aliphatic rings. The number of rotatable bonds is 6. The van der Waals surface area contributed by atoms with Crippen molar-refractivity contribution in [2.45, 2.75) is 52.6 Å². The van der Waals surface area contributed by atoms with Crippen LogP contribution in [0, 0.1) is 5.92 Å². The molecule has 2 N–H and O–H groups in total. The molecule has 12 heavy (non-hydrogen) atoms. The van der Waals surface area contributed by atoms with Crippen LogP contribution in [0.4, 0.5) is 0 Å². The maximum absolute atomic E-state index is 8.80. The Balaban J connectivity index is 3.39. The highest BCUT2D eigenvalue weighted by Crippen LogP contribution is 2.06. The summed E-state index contributed by atoms with van der Waals surface area (Å²) in [6.07, 6.45) is 2.45. The molecule has 0 bridgehead atoms. The molecule has 0 aliphatic heterocycles. The molecule has 0 aromatic carbocycles. The van der Waals surface area contributed by atoms with Crippen LogP contribution in [0.5, 0.6) is 0 Å². The second-order valence-electron chi connectivity index (χ2n) is 4.12. The van der Waals surface area contributed by atoms with E-state index in [1.54, 1.807) is 0 Å². The van der Waals surface area contributed by atoms with Gasteiger partial charge in [0, 0.05) is 12.1 Å². The number of aliphatic hydroxyl groups excluding tert-OH is 1. The topological polar surface area (TPSA) is 32.3 Å². The van der Waals surface area contributed by atoms with Crippen molar-refractivity contribution >= 4 is 0 Å². The smallest absolute Gasteiger partial charge is 0.0582 e. The summed E-state index contributed by atoms with van der Waals surface area (Å²) in [6, 6.07) is 0.752. The van der Waals surface area contributed by atoms with Gasteiger partial charge in [0.05, 0.1) is 6.61 Å². The highest BCUT2D eigenvalue weighted by molar-refractivity contribution is 4.66. The van der Waals surface area contributed by atoms with Crippen molar-refractivity contribution in [2.24, 2.45) is 5.92 Å². The van der Waals surface area contributed by atoms with Gasteiger partial charge in [-0.2, -0.15) is 0 Å². The minimum Gasteiger partial charge on any atom is -0.395 e. The Morgan fingerprint density at radius 2 is 1.58 bits per heavy atom. The first-order valence-corrected chi connectivity index (χ1v) is 4.93. The fraction of sp³-hybridized carbons (Fsp3) is 1.00. The van der Waals surface area contributed by atoms with Crippen LogP contribution in [0.1, 0.15) is 40.5 Å². The van der Waals surface area contributed by atoms with E-state index in [4.69, 9.17) is 5.11 Å². The second kappa shape index (κ2) is 6.44. The minimum absolute atomic E-state index is 0.228. The van der Waals surface area contributed by atoms with Crippen LogP contribution in [0.3, 0.4) is 0 Å². The molecule has 0 radical (unpaired) electrons. The Labute approximate surface area is 76.4 Å². The van der Waals surface area contributed by atoms with Crippen molar-refractivity contribution < 1.29 is 5.11 Å². The lowest BCUT2D eigenvalue weighted by Crippen LogP contribution is -2.36. The normalized spacial score (nSPS) is 16.5. The fourth-order valence-electron chi connectivity index (χ4n) is 1.21. The molecule has 0 aromatic rings. The third-order valence-corrected chi connectivity index (χ3v) is 2.02. The molecular weight excluding hydrogens is 150 g/mol. The number of hydrogen-bond donors (Lipinski definition) is 2. The summed E-state index contributed by atoms with van der Waals surface area (Å²) >= 11 is 0. The van der Waals surface area contributed by atoms with E-state index in [-0.39, 0.29) is 12.6 Å². The second-order valence-corrected chi connectivity index (χ2v) is 4.12. The Morgan fingerprint density at radius 3 is 2.00 bits per heavy atom. The largest absolute Gasteiger partial charge is 0.395 e. The zero-order valence-corrected chi connectivity index (χ0v) is 8.80. The standard InChI is InChI=1S/C10H23NO/c1-8(2)5-6-9(3)11-10(4)7-12/h8-12H,5-7H2,1-4H3/t9-,10+/m1/s1. The van der Waals surface area contributed by atoms with E-state index in [2.05, 4.69) is 26.1 Å². The van der Waals surface area contributed by atoms with Gasteiger partial charge in [0.15, 0.2) is 0 Å². The molecule has 0 fully saturated rings. The molecule has 2 nitrogen and oxygen atoms in total. The molecule has 2 atom stereocenters. The van der Waals surface area contributed by atoms with E-state index in [0.717, 1.165) is 5.92 Å². The van der Waals surface area contributed by atoms with Gasteiger partial charge in [0.1, 0.15) is 0 Å². The predicted molar refractivity (Wildman–Crippen MR) is 53.2 cm³/mol. The maximum Gasteiger partial charge on any atom is 0.0582 e. The third-order valence-electron chi connectivity index (χ3n) is 2.02. The molecule has 0 aromatic heterocycles. The van der Waals surface area contributed by atoms with Crippen molar-refractivity contribution in [3.63, 3.8) is 0 Å². The zero-order valence-electron chi connectivity index (χ0n) is 8.80. The van der Waals surface area contributed by atoms with Crippen molar-refractivity contribution in [3.05, 3.63) is 0 Å². The summed E-state index contributed by atoms with van der Waals surface area (Å²) in [5.41, 5.74) is 0. The van der Waals surface area contributed by atoms with E-state index >= 15 is 0 Å². The molecule has 0 unspecified atom stereocenters. The van der Waals surface area contributed by atoms with E-state index in [1.807, 2.05) is 6.92 Å². The minimum atomic E-state index is 0.228. The van der Waals surface area contributed by atoms with E-state index in [9.17, 15) is 0 Å². The molecule has 0 spiro atoms. The van der Waals surface area contributed by atoms with Gasteiger partial charge < -0.3 is 10.4 Å². The van der Waals surface area contributed by atoms with Gasteiger partial charge in [-0.05, 0) is 32.6 Å². The van der Waals surface area contributed by atoms with Gasteiger partial charge in [0.2, 0.25) is 0 Å². The predicted octanol–water partition coefficient (Wildman–Crippen LogP) is 1.78. The van der Waals surface area contributed by atoms with E-state index in [0.29, 0.717) is 6.04 Å². The Morgan fingerprint density at radius 1 is 1.00 bits per heavy atom. The summed E-state index contributed by atoms with van der Waals surface area (Å²) in [5, 5.41) is 12.1. The molecule has 0 amide bonds. The molecule has 0 saturated heterocycles. The number of aliphatic hydroxyl groups is 1. The lowest BCUT2D eigenvalue weighted by atomic mass is 10.0. The first kappa shape index (κ1) is 11.9. The average Bonchev–Trinajstić information content (AvgIpc) is 2.00. The van der Waals surface area contributed by atoms with Crippen LogP contribution in [-0.2, 0) is 0 Å². The quantitative estimate of drug-likeness (QED) is 0.641. The van der Waals surface area contributed by atoms with Gasteiger partial charge in [-0.3, -0.25) is 0 Å². The summed E-state index contributed by atoms with van der Waals surface area (Å²) in [4.78, 5) is 0. The lowest BCUT2D eigenvalue weighted by molar-refractivity contribution is 0.239. The summed E-state index contributed by atoms with van der Waals surface area (Å²) in [7, 11) is 0. The summed E-state index contributed by atoms with van der Waals surface area (Å²) < 4.78 is 0. The maximum atomic E-state index is 8.80. The van der Waals surface area contributed by atoms with Crippen LogP contribution < -0.4 is 5.32 Å². The van der Waals surface area contributed by atoms with Crippen LogP contribution in [0.25, 0.3) is 0 Å². The highest BCUT2D eigenvalue weighted by atomic mass is 16.3. The Kier molecular flexibility index (Phi) is 6.39. The van der Waals surface area contributed by atoms with Gasteiger partial charge in [0.25, 0.3) is 0 Å². The highest BCUT2D eigenvalue weighted by Gasteiger charge is 2.06. The Bertz CT molecular complexity index is 104. The van der Waals surface area contributed by atoms with Gasteiger partial charge in [-0.25, -0.2) is 0 Å². The molecule has 0 saturated carbocycles. The van der Waals surface area contributed by atoms with Crippen molar-refractivity contribution in [2.75, 3.05) is 6.61 Å².